The van der Waals surface area contributed by atoms with Crippen LogP contribution in [0.5, 0.6) is 0 Å². The highest BCUT2D eigenvalue weighted by Crippen LogP contribution is 2.33. The highest BCUT2D eigenvalue weighted by Gasteiger charge is 2.18. The normalized spacial score (nSPS) is 11.3. The van der Waals surface area contributed by atoms with Gasteiger partial charge in [0.15, 0.2) is 11.0 Å². The van der Waals surface area contributed by atoms with E-state index >= 15 is 0 Å². The summed E-state index contributed by atoms with van der Waals surface area (Å²) in [4.78, 5) is 4.44. The van der Waals surface area contributed by atoms with Crippen molar-refractivity contribution < 1.29 is 4.42 Å². The smallest absolute Gasteiger partial charge is 0.196 e. The Bertz CT molecular complexity index is 1180. The average molecular weight is 372 g/mol. The van der Waals surface area contributed by atoms with E-state index in [0.29, 0.717) is 6.54 Å². The maximum Gasteiger partial charge on any atom is 0.196 e. The fraction of sp³-hybridized carbons (Fsp3) is 0.0476. The minimum absolute atomic E-state index is 0.573. The molecule has 0 aliphatic heterocycles. The van der Waals surface area contributed by atoms with Crippen molar-refractivity contribution in [2.75, 3.05) is 0 Å². The van der Waals surface area contributed by atoms with Gasteiger partial charge < -0.3 is 9.40 Å². The third-order valence-corrected chi connectivity index (χ3v) is 5.39. The molecule has 3 heterocycles. The first-order valence-electron chi connectivity index (χ1n) is 8.63. The van der Waals surface area contributed by atoms with Crippen LogP contribution in [0.15, 0.2) is 93.7 Å². The molecule has 0 radical (unpaired) electrons. The molecule has 0 aliphatic rings. The van der Waals surface area contributed by atoms with Crippen LogP contribution in [0.3, 0.4) is 0 Å². The Morgan fingerprint density at radius 2 is 1.78 bits per heavy atom. The summed E-state index contributed by atoms with van der Waals surface area (Å²) in [6.07, 6.45) is 3.68. The van der Waals surface area contributed by atoms with E-state index in [1.54, 1.807) is 18.0 Å². The van der Waals surface area contributed by atoms with Crippen molar-refractivity contribution in [3.05, 3.63) is 85.0 Å². The molecule has 0 fully saturated rings. The van der Waals surface area contributed by atoms with E-state index in [1.165, 1.54) is 0 Å². The molecule has 0 unspecified atom stereocenters. The van der Waals surface area contributed by atoms with E-state index in [1.807, 2.05) is 48.7 Å². The Morgan fingerprint density at radius 1 is 0.926 bits per heavy atom. The van der Waals surface area contributed by atoms with Gasteiger partial charge in [0.2, 0.25) is 0 Å². The molecule has 0 saturated heterocycles. The van der Waals surface area contributed by atoms with E-state index < -0.39 is 0 Å². The number of furan rings is 1. The summed E-state index contributed by atoms with van der Waals surface area (Å²) in [5, 5.41) is 10.9. The predicted molar refractivity (Wildman–Crippen MR) is 106 cm³/mol. The van der Waals surface area contributed by atoms with Gasteiger partial charge >= 0.3 is 0 Å². The van der Waals surface area contributed by atoms with Gasteiger partial charge in [-0.05, 0) is 42.1 Å². The number of rotatable bonds is 5. The van der Waals surface area contributed by atoms with Crippen molar-refractivity contribution in [3.8, 4) is 11.4 Å². The van der Waals surface area contributed by atoms with Gasteiger partial charge in [0.1, 0.15) is 5.76 Å². The molecule has 0 bridgehead atoms. The second-order valence-electron chi connectivity index (χ2n) is 6.13. The average Bonchev–Trinajstić information content (AvgIpc) is 3.44. The summed E-state index contributed by atoms with van der Waals surface area (Å²) in [7, 11) is 0. The largest absolute Gasteiger partial charge is 0.467 e. The summed E-state index contributed by atoms with van der Waals surface area (Å²) in [5.41, 5.74) is 2.11. The number of benzene rings is 2. The van der Waals surface area contributed by atoms with Crippen molar-refractivity contribution in [2.24, 2.45) is 0 Å². The molecule has 27 heavy (non-hydrogen) atoms. The summed E-state index contributed by atoms with van der Waals surface area (Å²) in [6, 6.07) is 22.3. The zero-order chi connectivity index (χ0) is 18.1. The molecular weight excluding hydrogens is 356 g/mol. The predicted octanol–water partition coefficient (Wildman–Crippen LogP) is 5.22. The number of nitrogens with one attached hydrogen (secondary N) is 1. The topological polar surface area (TPSA) is 59.6 Å². The van der Waals surface area contributed by atoms with Crippen LogP contribution < -0.4 is 0 Å². The van der Waals surface area contributed by atoms with Crippen LogP contribution in [0.2, 0.25) is 0 Å². The van der Waals surface area contributed by atoms with Crippen LogP contribution in [0.1, 0.15) is 5.76 Å². The van der Waals surface area contributed by atoms with Gasteiger partial charge in [0, 0.05) is 27.6 Å². The van der Waals surface area contributed by atoms with Gasteiger partial charge in [-0.1, -0.05) is 36.4 Å². The number of para-hydroxylation sites is 1. The molecule has 0 aliphatic carbocycles. The van der Waals surface area contributed by atoms with E-state index in [4.69, 9.17) is 4.42 Å². The molecule has 1 N–H and O–H groups in total. The lowest BCUT2D eigenvalue weighted by atomic mass is 10.1. The number of aromatic amines is 1. The summed E-state index contributed by atoms with van der Waals surface area (Å²) in [5.74, 6) is 1.69. The SMILES string of the molecule is c1ccc(Sc2nnc(-c3c[nH]c4ccccc34)n2Cc2ccco2)cc1. The number of hydrogen-bond donors (Lipinski definition) is 1. The van der Waals surface area contributed by atoms with Crippen LogP contribution in [-0.2, 0) is 6.54 Å². The number of aromatic nitrogens is 4. The Kier molecular flexibility index (Phi) is 4.03. The number of fused-ring (bicyclic) bond motifs is 1. The second-order valence-corrected chi connectivity index (χ2v) is 7.18. The first-order valence-corrected chi connectivity index (χ1v) is 9.45. The van der Waals surface area contributed by atoms with Crippen molar-refractivity contribution in [2.45, 2.75) is 16.6 Å². The molecule has 0 saturated carbocycles. The monoisotopic (exact) mass is 372 g/mol. The summed E-state index contributed by atoms with van der Waals surface area (Å²) in [6.45, 7) is 0.573. The van der Waals surface area contributed by atoms with E-state index in [9.17, 15) is 0 Å². The van der Waals surface area contributed by atoms with Crippen molar-refractivity contribution in [1.82, 2.24) is 19.7 Å². The van der Waals surface area contributed by atoms with Crippen LogP contribution >= 0.6 is 11.8 Å². The van der Waals surface area contributed by atoms with E-state index in [0.717, 1.165) is 38.1 Å². The van der Waals surface area contributed by atoms with Crippen molar-refractivity contribution >= 4 is 22.7 Å². The van der Waals surface area contributed by atoms with Crippen molar-refractivity contribution in [3.63, 3.8) is 0 Å². The molecule has 0 amide bonds. The molecule has 2 aromatic carbocycles. The van der Waals surface area contributed by atoms with E-state index in [2.05, 4.69) is 44.0 Å². The molecule has 5 nitrogen and oxygen atoms in total. The first kappa shape index (κ1) is 16.0. The molecule has 5 aromatic rings. The van der Waals surface area contributed by atoms with Crippen LogP contribution in [0, 0.1) is 0 Å². The minimum atomic E-state index is 0.573. The maximum absolute atomic E-state index is 5.58. The molecule has 6 heteroatoms. The van der Waals surface area contributed by atoms with Gasteiger partial charge in [-0.2, -0.15) is 0 Å². The van der Waals surface area contributed by atoms with Gasteiger partial charge in [0.05, 0.1) is 12.8 Å². The molecular formula is C21H16N4OS. The number of H-pyrrole nitrogens is 1. The Labute approximate surface area is 160 Å². The Morgan fingerprint density at radius 3 is 2.63 bits per heavy atom. The fourth-order valence-corrected chi connectivity index (χ4v) is 3.96. The van der Waals surface area contributed by atoms with Gasteiger partial charge in [-0.25, -0.2) is 0 Å². The van der Waals surface area contributed by atoms with Gasteiger partial charge in [0.25, 0.3) is 0 Å². The van der Waals surface area contributed by atoms with Crippen LogP contribution in [0.25, 0.3) is 22.3 Å². The highest BCUT2D eigenvalue weighted by atomic mass is 32.2. The quantitative estimate of drug-likeness (QED) is 0.459. The molecule has 0 spiro atoms. The lowest BCUT2D eigenvalue weighted by molar-refractivity contribution is 0.485. The van der Waals surface area contributed by atoms with E-state index in [-0.39, 0.29) is 0 Å². The van der Waals surface area contributed by atoms with Gasteiger partial charge in [-0.3, -0.25) is 4.57 Å². The third-order valence-electron chi connectivity index (χ3n) is 4.39. The third kappa shape index (κ3) is 3.04. The molecule has 3 aromatic heterocycles. The minimum Gasteiger partial charge on any atom is -0.467 e. The first-order chi connectivity index (χ1) is 13.4. The van der Waals surface area contributed by atoms with Gasteiger partial charge in [-0.15, -0.1) is 10.2 Å². The van der Waals surface area contributed by atoms with Crippen LogP contribution in [0.4, 0.5) is 0 Å². The zero-order valence-corrected chi connectivity index (χ0v) is 15.2. The molecule has 0 atom stereocenters. The number of nitrogens with zero attached hydrogens (tertiary/aromatic N) is 3. The highest BCUT2D eigenvalue weighted by molar-refractivity contribution is 7.99. The Hall–Kier alpha value is -3.25. The fourth-order valence-electron chi connectivity index (χ4n) is 3.11. The second kappa shape index (κ2) is 6.81. The lowest BCUT2D eigenvalue weighted by Gasteiger charge is -2.08. The van der Waals surface area contributed by atoms with Crippen molar-refractivity contribution in [1.29, 1.82) is 0 Å². The molecule has 5 rings (SSSR count). The van der Waals surface area contributed by atoms with Crippen LogP contribution in [-0.4, -0.2) is 19.7 Å². The lowest BCUT2D eigenvalue weighted by Crippen LogP contribution is -2.03. The standard InChI is InChI=1S/C21H16N4OS/c1-2-8-16(9-3-1)27-21-24-23-20(25(21)14-15-7-6-12-26-15)18-13-22-19-11-5-4-10-17(18)19/h1-13,22H,14H2. The number of hydrogen-bond acceptors (Lipinski definition) is 4. The zero-order valence-electron chi connectivity index (χ0n) is 14.4. The molecule has 132 valence electrons. The maximum atomic E-state index is 5.58. The Balaban J connectivity index is 1.62. The summed E-state index contributed by atoms with van der Waals surface area (Å²) >= 11 is 1.60. The summed E-state index contributed by atoms with van der Waals surface area (Å²) < 4.78 is 7.68.